The Morgan fingerprint density at radius 1 is 1.19 bits per heavy atom. The molecule has 164 valence electrons. The zero-order chi connectivity index (χ0) is 22.7. The third-order valence-electron chi connectivity index (χ3n) is 4.99. The van der Waals surface area contributed by atoms with Crippen molar-refractivity contribution < 1.29 is 9.59 Å². The lowest BCUT2D eigenvalue weighted by atomic mass is 10.1. The molecule has 0 bridgehead atoms. The van der Waals surface area contributed by atoms with E-state index in [-0.39, 0.29) is 28.9 Å². The Bertz CT molecular complexity index is 1180. The van der Waals surface area contributed by atoms with Crippen molar-refractivity contribution >= 4 is 50.7 Å². The van der Waals surface area contributed by atoms with Gasteiger partial charge in [-0.25, -0.2) is 4.98 Å². The molecule has 1 N–H and O–H groups in total. The maximum atomic E-state index is 12.9. The van der Waals surface area contributed by atoms with Gasteiger partial charge in [0.1, 0.15) is 4.83 Å². The van der Waals surface area contributed by atoms with Gasteiger partial charge in [0.25, 0.3) is 5.56 Å². The van der Waals surface area contributed by atoms with Gasteiger partial charge < -0.3 is 5.32 Å². The Morgan fingerprint density at radius 2 is 1.87 bits per heavy atom. The van der Waals surface area contributed by atoms with E-state index < -0.39 is 0 Å². The van der Waals surface area contributed by atoms with Crippen LogP contribution < -0.4 is 10.9 Å². The van der Waals surface area contributed by atoms with E-state index in [0.29, 0.717) is 34.8 Å². The molecular formula is C23H27N3O3S2. The van der Waals surface area contributed by atoms with E-state index in [1.165, 1.54) is 23.1 Å². The van der Waals surface area contributed by atoms with Crippen molar-refractivity contribution in [3.63, 3.8) is 0 Å². The number of hydrogen-bond acceptors (Lipinski definition) is 6. The molecule has 0 unspecified atom stereocenters. The van der Waals surface area contributed by atoms with Gasteiger partial charge in [0.2, 0.25) is 5.91 Å². The molecule has 1 amide bonds. The van der Waals surface area contributed by atoms with Crippen LogP contribution in [-0.2, 0) is 11.3 Å². The number of ketones is 1. The van der Waals surface area contributed by atoms with Gasteiger partial charge in [0, 0.05) is 29.1 Å². The first-order valence-electron chi connectivity index (χ1n) is 10.3. The van der Waals surface area contributed by atoms with Crippen LogP contribution in [0.25, 0.3) is 10.2 Å². The summed E-state index contributed by atoms with van der Waals surface area (Å²) in [6, 6.07) is 6.89. The van der Waals surface area contributed by atoms with Crippen molar-refractivity contribution in [1.82, 2.24) is 9.55 Å². The minimum atomic E-state index is -0.0550. The van der Waals surface area contributed by atoms with Gasteiger partial charge in [-0.15, -0.1) is 11.3 Å². The first-order valence-corrected chi connectivity index (χ1v) is 12.1. The Labute approximate surface area is 190 Å². The van der Waals surface area contributed by atoms with E-state index >= 15 is 0 Å². The molecule has 1 aromatic carbocycles. The van der Waals surface area contributed by atoms with Crippen molar-refractivity contribution in [2.45, 2.75) is 52.7 Å². The predicted molar refractivity (Wildman–Crippen MR) is 129 cm³/mol. The number of benzene rings is 1. The zero-order valence-electron chi connectivity index (χ0n) is 18.4. The van der Waals surface area contributed by atoms with Crippen LogP contribution in [0.2, 0.25) is 0 Å². The number of carbonyl (C=O) groups excluding carboxylic acids is 2. The fourth-order valence-electron chi connectivity index (χ4n) is 3.23. The molecule has 0 saturated carbocycles. The van der Waals surface area contributed by atoms with E-state index in [9.17, 15) is 14.4 Å². The molecule has 3 aromatic rings. The molecule has 31 heavy (non-hydrogen) atoms. The number of rotatable bonds is 8. The second-order valence-electron chi connectivity index (χ2n) is 7.84. The Kier molecular flexibility index (Phi) is 7.33. The third kappa shape index (κ3) is 5.25. The highest BCUT2D eigenvalue weighted by molar-refractivity contribution is 7.99. The van der Waals surface area contributed by atoms with Crippen molar-refractivity contribution in [2.24, 2.45) is 5.92 Å². The molecular weight excluding hydrogens is 430 g/mol. The molecule has 0 aliphatic rings. The number of thiophene rings is 1. The molecule has 0 saturated heterocycles. The SMILES string of the molecule is CCn1c(SCC(=O)c2ccc(NC(=O)CC(C)C)cc2)nc2sc(C)c(C)c2c1=O. The van der Waals surface area contributed by atoms with Gasteiger partial charge in [-0.1, -0.05) is 25.6 Å². The normalized spacial score (nSPS) is 11.3. The highest BCUT2D eigenvalue weighted by atomic mass is 32.2. The lowest BCUT2D eigenvalue weighted by Gasteiger charge is -2.10. The lowest BCUT2D eigenvalue weighted by molar-refractivity contribution is -0.116. The summed E-state index contributed by atoms with van der Waals surface area (Å²) in [4.78, 5) is 44.0. The fourth-order valence-corrected chi connectivity index (χ4v) is 5.26. The standard InChI is InChI=1S/C23H27N3O3S2/c1-6-26-22(29)20-14(4)15(5)31-21(20)25-23(26)30-12-18(27)16-7-9-17(10-8-16)24-19(28)11-13(2)3/h7-10,13H,6,11-12H2,1-5H3,(H,24,28). The number of hydrogen-bond donors (Lipinski definition) is 1. The molecule has 2 aromatic heterocycles. The van der Waals surface area contributed by atoms with Gasteiger partial charge in [-0.05, 0) is 56.5 Å². The van der Waals surface area contributed by atoms with E-state index in [4.69, 9.17) is 0 Å². The second-order valence-corrected chi connectivity index (χ2v) is 9.99. The predicted octanol–water partition coefficient (Wildman–Crippen LogP) is 5.05. The molecule has 3 rings (SSSR count). The minimum absolute atomic E-state index is 0.0392. The van der Waals surface area contributed by atoms with E-state index in [2.05, 4.69) is 10.3 Å². The number of fused-ring (bicyclic) bond motifs is 1. The molecule has 2 heterocycles. The summed E-state index contributed by atoms with van der Waals surface area (Å²) < 4.78 is 1.63. The molecule has 0 spiro atoms. The van der Waals surface area contributed by atoms with Crippen molar-refractivity contribution in [2.75, 3.05) is 11.1 Å². The lowest BCUT2D eigenvalue weighted by Crippen LogP contribution is -2.22. The van der Waals surface area contributed by atoms with Crippen LogP contribution in [0, 0.1) is 19.8 Å². The van der Waals surface area contributed by atoms with Gasteiger partial charge in [0.05, 0.1) is 11.1 Å². The number of aromatic nitrogens is 2. The summed E-state index contributed by atoms with van der Waals surface area (Å²) in [5.74, 6) is 0.372. The van der Waals surface area contributed by atoms with Gasteiger partial charge in [-0.3, -0.25) is 19.0 Å². The third-order valence-corrected chi connectivity index (χ3v) is 7.06. The molecule has 0 atom stereocenters. The van der Waals surface area contributed by atoms with Crippen LogP contribution >= 0.6 is 23.1 Å². The van der Waals surface area contributed by atoms with Crippen LogP contribution in [0.1, 0.15) is 48.0 Å². The Balaban J connectivity index is 1.73. The van der Waals surface area contributed by atoms with Gasteiger partial charge in [0.15, 0.2) is 10.9 Å². The fraction of sp³-hybridized carbons (Fsp3) is 0.391. The van der Waals surface area contributed by atoms with Crippen LogP contribution in [0.3, 0.4) is 0 Å². The summed E-state index contributed by atoms with van der Waals surface area (Å²) >= 11 is 2.79. The van der Waals surface area contributed by atoms with E-state index in [1.807, 2.05) is 34.6 Å². The maximum absolute atomic E-state index is 12.9. The number of amides is 1. The number of thioether (sulfide) groups is 1. The zero-order valence-corrected chi connectivity index (χ0v) is 20.1. The van der Waals surface area contributed by atoms with Crippen LogP contribution in [-0.4, -0.2) is 27.0 Å². The molecule has 0 radical (unpaired) electrons. The van der Waals surface area contributed by atoms with Crippen LogP contribution in [0.4, 0.5) is 5.69 Å². The summed E-state index contributed by atoms with van der Waals surface area (Å²) in [5.41, 5.74) is 2.16. The van der Waals surface area contributed by atoms with Crippen molar-refractivity contribution in [3.8, 4) is 0 Å². The van der Waals surface area contributed by atoms with E-state index in [0.717, 1.165) is 15.3 Å². The van der Waals surface area contributed by atoms with Crippen molar-refractivity contribution in [1.29, 1.82) is 0 Å². The Hall–Kier alpha value is -2.45. The molecule has 0 aliphatic carbocycles. The van der Waals surface area contributed by atoms with Crippen molar-refractivity contribution in [3.05, 3.63) is 50.6 Å². The van der Waals surface area contributed by atoms with Gasteiger partial charge >= 0.3 is 0 Å². The Morgan fingerprint density at radius 3 is 2.48 bits per heavy atom. The average molecular weight is 458 g/mol. The van der Waals surface area contributed by atoms with Crippen LogP contribution in [0.5, 0.6) is 0 Å². The monoisotopic (exact) mass is 457 g/mol. The smallest absolute Gasteiger partial charge is 0.263 e. The quantitative estimate of drug-likeness (QED) is 0.291. The largest absolute Gasteiger partial charge is 0.326 e. The van der Waals surface area contributed by atoms with E-state index in [1.54, 1.807) is 28.8 Å². The molecule has 8 heteroatoms. The highest BCUT2D eigenvalue weighted by Gasteiger charge is 2.17. The summed E-state index contributed by atoms with van der Waals surface area (Å²) in [5, 5.41) is 4.08. The number of anilines is 1. The molecule has 0 fully saturated rings. The summed E-state index contributed by atoms with van der Waals surface area (Å²) in [6.07, 6.45) is 0.455. The first-order chi connectivity index (χ1) is 14.7. The molecule has 0 aliphatic heterocycles. The number of nitrogens with one attached hydrogen (secondary N) is 1. The van der Waals surface area contributed by atoms with Crippen LogP contribution in [0.15, 0.2) is 34.2 Å². The molecule has 6 nitrogen and oxygen atoms in total. The maximum Gasteiger partial charge on any atom is 0.263 e. The average Bonchev–Trinajstić information content (AvgIpc) is 3.00. The first kappa shape index (κ1) is 23.2. The summed E-state index contributed by atoms with van der Waals surface area (Å²) in [6.45, 7) is 10.3. The summed E-state index contributed by atoms with van der Waals surface area (Å²) in [7, 11) is 0. The number of aryl methyl sites for hydroxylation is 2. The number of carbonyl (C=O) groups is 2. The number of Topliss-reactive ketones (excluding diaryl/α,β-unsaturated/α-hetero) is 1. The second kappa shape index (κ2) is 9.78. The topological polar surface area (TPSA) is 81.1 Å². The number of nitrogens with zero attached hydrogens (tertiary/aromatic N) is 2. The highest BCUT2D eigenvalue weighted by Crippen LogP contribution is 2.28. The minimum Gasteiger partial charge on any atom is -0.326 e. The van der Waals surface area contributed by atoms with Gasteiger partial charge in [-0.2, -0.15) is 0 Å².